The van der Waals surface area contributed by atoms with Crippen LogP contribution in [0, 0.1) is 5.41 Å². The van der Waals surface area contributed by atoms with E-state index >= 15 is 0 Å². The van der Waals surface area contributed by atoms with Crippen LogP contribution in [0.15, 0.2) is 54.6 Å². The van der Waals surface area contributed by atoms with Crippen molar-refractivity contribution in [1.29, 1.82) is 0 Å². The van der Waals surface area contributed by atoms with Gasteiger partial charge in [-0.2, -0.15) is 0 Å². The molecule has 0 spiro atoms. The molecule has 0 bridgehead atoms. The molecular weight excluding hydrogens is 412 g/mol. The summed E-state index contributed by atoms with van der Waals surface area (Å²) in [5, 5.41) is 3.00. The molecule has 0 radical (unpaired) electrons. The number of hydrogen-bond donors (Lipinski definition) is 1. The summed E-state index contributed by atoms with van der Waals surface area (Å²) in [5.74, 6) is 1.09. The number of carbonyl (C=O) groups is 2. The maximum atomic E-state index is 13.0. The van der Waals surface area contributed by atoms with Gasteiger partial charge in [0, 0.05) is 32.0 Å². The van der Waals surface area contributed by atoms with Gasteiger partial charge in [-0.05, 0) is 30.5 Å². The summed E-state index contributed by atoms with van der Waals surface area (Å²) in [4.78, 5) is 31.6. The first-order valence-corrected chi connectivity index (χ1v) is 11.8. The van der Waals surface area contributed by atoms with E-state index in [2.05, 4.69) is 9.88 Å². The molecule has 6 heteroatoms. The minimum Gasteiger partial charge on any atom is -0.356 e. The summed E-state index contributed by atoms with van der Waals surface area (Å²) >= 11 is 0. The second kappa shape index (κ2) is 11.1. The van der Waals surface area contributed by atoms with Crippen molar-refractivity contribution in [2.75, 3.05) is 13.6 Å². The van der Waals surface area contributed by atoms with Crippen LogP contribution in [-0.2, 0) is 29.1 Å². The number of unbranched alkanes of at least 4 members (excludes halogenated alkanes) is 2. The normalized spacial score (nSPS) is 11.5. The Morgan fingerprint density at radius 2 is 1.67 bits per heavy atom. The second-order valence-corrected chi connectivity index (χ2v) is 9.65. The number of benzene rings is 2. The van der Waals surface area contributed by atoms with E-state index in [9.17, 15) is 9.59 Å². The van der Waals surface area contributed by atoms with Gasteiger partial charge in [-0.25, -0.2) is 4.98 Å². The van der Waals surface area contributed by atoms with Crippen LogP contribution in [0.1, 0.15) is 51.4 Å². The summed E-state index contributed by atoms with van der Waals surface area (Å²) in [6, 6.07) is 18.0. The molecule has 3 rings (SSSR count). The van der Waals surface area contributed by atoms with Crippen molar-refractivity contribution >= 4 is 22.8 Å². The van der Waals surface area contributed by atoms with E-state index in [0.717, 1.165) is 48.1 Å². The molecule has 6 nitrogen and oxygen atoms in total. The fourth-order valence-electron chi connectivity index (χ4n) is 3.75. The lowest BCUT2D eigenvalue weighted by atomic mass is 9.96. The van der Waals surface area contributed by atoms with E-state index in [4.69, 9.17) is 4.98 Å². The highest BCUT2D eigenvalue weighted by atomic mass is 16.2. The number of nitrogens with zero attached hydrogens (tertiary/aromatic N) is 3. The number of fused-ring (bicyclic) bond motifs is 1. The minimum absolute atomic E-state index is 0.0631. The average Bonchev–Trinajstić information content (AvgIpc) is 3.13. The Morgan fingerprint density at radius 3 is 2.39 bits per heavy atom. The predicted octanol–water partition coefficient (Wildman–Crippen LogP) is 4.57. The van der Waals surface area contributed by atoms with Crippen molar-refractivity contribution in [3.63, 3.8) is 0 Å². The number of aromatic nitrogens is 2. The highest BCUT2D eigenvalue weighted by Gasteiger charge is 2.20. The van der Waals surface area contributed by atoms with E-state index in [1.54, 1.807) is 4.90 Å². The summed E-state index contributed by atoms with van der Waals surface area (Å²) in [6.07, 6.45) is 3.69. The first-order chi connectivity index (χ1) is 15.8. The Morgan fingerprint density at radius 1 is 0.970 bits per heavy atom. The molecule has 0 aliphatic carbocycles. The maximum Gasteiger partial charge on any atom is 0.242 e. The summed E-state index contributed by atoms with van der Waals surface area (Å²) in [5.41, 5.74) is 2.67. The van der Waals surface area contributed by atoms with Crippen LogP contribution in [0.3, 0.4) is 0 Å². The summed E-state index contributed by atoms with van der Waals surface area (Å²) in [7, 11) is 1.85. The highest BCUT2D eigenvalue weighted by Crippen LogP contribution is 2.19. The van der Waals surface area contributed by atoms with Crippen LogP contribution >= 0.6 is 0 Å². The van der Waals surface area contributed by atoms with Crippen LogP contribution in [0.5, 0.6) is 0 Å². The van der Waals surface area contributed by atoms with Crippen molar-refractivity contribution < 1.29 is 9.59 Å². The van der Waals surface area contributed by atoms with Gasteiger partial charge in [0.2, 0.25) is 11.8 Å². The van der Waals surface area contributed by atoms with Crippen LogP contribution in [0.25, 0.3) is 11.0 Å². The number of hydrogen-bond acceptors (Lipinski definition) is 3. The molecule has 176 valence electrons. The third kappa shape index (κ3) is 6.91. The second-order valence-electron chi connectivity index (χ2n) is 9.65. The Kier molecular flexibility index (Phi) is 8.26. The Labute approximate surface area is 197 Å². The highest BCUT2D eigenvalue weighted by molar-refractivity contribution is 5.81. The van der Waals surface area contributed by atoms with Gasteiger partial charge in [0.05, 0.1) is 11.0 Å². The molecule has 2 amide bonds. The largest absolute Gasteiger partial charge is 0.356 e. The van der Waals surface area contributed by atoms with Gasteiger partial charge in [0.1, 0.15) is 12.4 Å². The lowest BCUT2D eigenvalue weighted by Crippen LogP contribution is -2.35. The zero-order valence-corrected chi connectivity index (χ0v) is 20.3. The molecule has 3 aromatic rings. The van der Waals surface area contributed by atoms with Gasteiger partial charge in [0.25, 0.3) is 0 Å². The maximum absolute atomic E-state index is 13.0. The number of carbonyl (C=O) groups excluding carboxylic acids is 2. The van der Waals surface area contributed by atoms with Crippen LogP contribution in [-0.4, -0.2) is 39.9 Å². The van der Waals surface area contributed by atoms with Crippen molar-refractivity contribution in [2.45, 2.75) is 59.5 Å². The number of likely N-dealkylation sites (N-methyl/N-ethyl adjacent to an activating group) is 1. The van der Waals surface area contributed by atoms with Crippen molar-refractivity contribution in [2.24, 2.45) is 5.41 Å². The molecule has 0 saturated heterocycles. The predicted molar refractivity (Wildman–Crippen MR) is 133 cm³/mol. The molecule has 0 unspecified atom stereocenters. The Balaban J connectivity index is 1.59. The van der Waals surface area contributed by atoms with E-state index in [1.165, 1.54) is 0 Å². The monoisotopic (exact) mass is 448 g/mol. The number of para-hydroxylation sites is 2. The lowest BCUT2D eigenvalue weighted by Gasteiger charge is -2.19. The molecular formula is C27H36N4O2. The van der Waals surface area contributed by atoms with Crippen molar-refractivity contribution in [3.8, 4) is 0 Å². The molecule has 0 atom stereocenters. The van der Waals surface area contributed by atoms with Gasteiger partial charge in [-0.1, -0.05) is 69.7 Å². The number of nitrogens with one attached hydrogen (secondary N) is 1. The van der Waals surface area contributed by atoms with Crippen LogP contribution in [0.2, 0.25) is 0 Å². The first-order valence-electron chi connectivity index (χ1n) is 11.8. The molecule has 0 fully saturated rings. The molecule has 0 saturated carbocycles. The fraction of sp³-hybridized carbons (Fsp3) is 0.444. The zero-order chi connectivity index (χ0) is 23.8. The van der Waals surface area contributed by atoms with Crippen molar-refractivity contribution in [1.82, 2.24) is 19.8 Å². The average molecular weight is 449 g/mol. The smallest absolute Gasteiger partial charge is 0.242 e. The number of amides is 2. The molecule has 1 aromatic heterocycles. The Hall–Kier alpha value is -3.15. The summed E-state index contributed by atoms with van der Waals surface area (Å²) < 4.78 is 2.06. The minimum atomic E-state index is -0.356. The first kappa shape index (κ1) is 24.5. The van der Waals surface area contributed by atoms with E-state index in [-0.39, 0.29) is 23.8 Å². The molecule has 0 aliphatic rings. The van der Waals surface area contributed by atoms with Crippen LogP contribution < -0.4 is 5.32 Å². The number of rotatable bonds is 10. The van der Waals surface area contributed by atoms with Gasteiger partial charge >= 0.3 is 0 Å². The van der Waals surface area contributed by atoms with E-state index in [1.807, 2.05) is 82.4 Å². The molecule has 1 N–H and O–H groups in total. The van der Waals surface area contributed by atoms with E-state index < -0.39 is 0 Å². The zero-order valence-electron chi connectivity index (χ0n) is 20.3. The van der Waals surface area contributed by atoms with E-state index in [0.29, 0.717) is 13.1 Å². The number of imidazole rings is 1. The Bertz CT molecular complexity index is 1070. The third-order valence-electron chi connectivity index (χ3n) is 5.76. The SMILES string of the molecule is CN(Cc1ccccc1)C(=O)Cn1c(CCCCCNC(=O)C(C)(C)C)nc2ccccc21. The third-order valence-corrected chi connectivity index (χ3v) is 5.76. The van der Waals surface area contributed by atoms with Crippen LogP contribution in [0.4, 0.5) is 0 Å². The molecule has 1 heterocycles. The summed E-state index contributed by atoms with van der Waals surface area (Å²) in [6.45, 7) is 7.32. The lowest BCUT2D eigenvalue weighted by molar-refractivity contribution is -0.131. The topological polar surface area (TPSA) is 67.2 Å². The number of aryl methyl sites for hydroxylation is 1. The van der Waals surface area contributed by atoms with Gasteiger partial charge in [-0.15, -0.1) is 0 Å². The molecule has 0 aliphatic heterocycles. The van der Waals surface area contributed by atoms with Gasteiger partial charge in [0.15, 0.2) is 0 Å². The van der Waals surface area contributed by atoms with Gasteiger partial charge in [-0.3, -0.25) is 9.59 Å². The fourth-order valence-corrected chi connectivity index (χ4v) is 3.75. The van der Waals surface area contributed by atoms with Gasteiger partial charge < -0.3 is 14.8 Å². The molecule has 33 heavy (non-hydrogen) atoms. The quantitative estimate of drug-likeness (QED) is 0.462. The standard InChI is InChI=1S/C27H36N4O2/c1-27(2,3)26(33)28-18-12-6-9-17-24-29-22-15-10-11-16-23(22)31(24)20-25(32)30(4)19-21-13-7-5-8-14-21/h5,7-8,10-11,13-16H,6,9,12,17-20H2,1-4H3,(H,28,33). The molecule has 2 aromatic carbocycles. The van der Waals surface area contributed by atoms with Crippen molar-refractivity contribution in [3.05, 3.63) is 66.0 Å².